The quantitative estimate of drug-likeness (QED) is 0.0929. The van der Waals surface area contributed by atoms with Crippen LogP contribution in [0.25, 0.3) is 87.6 Å². The second-order valence-electron chi connectivity index (χ2n) is 22.2. The molecule has 12 aromatic rings. The van der Waals surface area contributed by atoms with Crippen molar-refractivity contribution in [3.8, 4) is 56.0 Å². The number of phenolic OH excluding ortho intramolecular Hbond substituents is 2. The summed E-state index contributed by atoms with van der Waals surface area (Å²) >= 11 is 0. The summed E-state index contributed by atoms with van der Waals surface area (Å²) in [5.74, 6) is 0.526. The summed E-state index contributed by atoms with van der Waals surface area (Å²) in [5.41, 5.74) is 21.7. The summed E-state index contributed by atoms with van der Waals surface area (Å²) in [4.78, 5) is 0. The molecule has 0 heterocycles. The summed E-state index contributed by atoms with van der Waals surface area (Å²) in [6, 6.07) is 72.8. The van der Waals surface area contributed by atoms with Crippen LogP contribution >= 0.6 is 0 Å². The molecule has 0 radical (unpaired) electrons. The predicted molar refractivity (Wildman–Crippen MR) is 338 cm³/mol. The van der Waals surface area contributed by atoms with Crippen LogP contribution in [0.1, 0.15) is 78.8 Å². The molecule has 0 bridgehead atoms. The Bertz CT molecular complexity index is 4030. The van der Waals surface area contributed by atoms with Crippen molar-refractivity contribution in [3.63, 3.8) is 0 Å². The number of nitrogens with one attached hydrogen (secondary N) is 2. The van der Waals surface area contributed by atoms with Crippen molar-refractivity contribution in [1.29, 1.82) is 0 Å². The number of hydrogen-bond donors (Lipinski definition) is 4. The number of rotatable bonds is 13. The number of aryl methyl sites for hydroxylation is 8. The Morgan fingerprint density at radius 3 is 0.912 bits per heavy atom. The smallest absolute Gasteiger partial charge is 0.128 e. The molecule has 0 amide bonds. The Morgan fingerprint density at radius 2 is 0.575 bits per heavy atom. The van der Waals surface area contributed by atoms with Crippen LogP contribution in [-0.4, -0.2) is 10.2 Å². The summed E-state index contributed by atoms with van der Waals surface area (Å²) in [6.07, 6.45) is 0. The molecule has 80 heavy (non-hydrogen) atoms. The molecule has 2 atom stereocenters. The van der Waals surface area contributed by atoms with E-state index in [1.165, 1.54) is 66.8 Å². The van der Waals surface area contributed by atoms with Gasteiger partial charge >= 0.3 is 0 Å². The summed E-state index contributed by atoms with van der Waals surface area (Å²) in [7, 11) is 0. The third kappa shape index (κ3) is 9.18. The molecule has 4 nitrogen and oxygen atoms in total. The first-order chi connectivity index (χ1) is 38.9. The Labute approximate surface area is 471 Å². The van der Waals surface area contributed by atoms with E-state index in [0.717, 1.165) is 87.6 Å². The molecule has 0 saturated carbocycles. The number of benzene rings is 12. The van der Waals surface area contributed by atoms with Crippen molar-refractivity contribution >= 4 is 43.1 Å². The zero-order valence-corrected chi connectivity index (χ0v) is 47.1. The lowest BCUT2D eigenvalue weighted by Crippen LogP contribution is -2.37. The molecular weight excluding hydrogens is 973 g/mol. The molecule has 12 aromatic carbocycles. The van der Waals surface area contributed by atoms with Gasteiger partial charge in [0.05, 0.1) is 12.1 Å². The Kier molecular flexibility index (Phi) is 13.9. The van der Waals surface area contributed by atoms with Crippen LogP contribution in [0.3, 0.4) is 0 Å². The first kappa shape index (κ1) is 51.9. The molecule has 0 fully saturated rings. The minimum atomic E-state index is -0.302. The fourth-order valence-electron chi connectivity index (χ4n) is 13.4. The van der Waals surface area contributed by atoms with E-state index in [-0.39, 0.29) is 23.6 Å². The van der Waals surface area contributed by atoms with E-state index in [4.69, 9.17) is 0 Å². The van der Waals surface area contributed by atoms with E-state index in [9.17, 15) is 10.2 Å². The van der Waals surface area contributed by atoms with Crippen molar-refractivity contribution in [2.24, 2.45) is 0 Å². The maximum atomic E-state index is 13.2. The van der Waals surface area contributed by atoms with Gasteiger partial charge in [-0.25, -0.2) is 0 Å². The van der Waals surface area contributed by atoms with Crippen LogP contribution in [0.15, 0.2) is 206 Å². The average Bonchev–Trinajstić information content (AvgIpc) is 3.51. The molecule has 12 rings (SSSR count). The van der Waals surface area contributed by atoms with Gasteiger partial charge in [0.1, 0.15) is 11.5 Å². The Balaban J connectivity index is 1.03. The summed E-state index contributed by atoms with van der Waals surface area (Å²) in [6.45, 7) is 18.3. The minimum Gasteiger partial charge on any atom is -0.507 e. The zero-order valence-electron chi connectivity index (χ0n) is 47.1. The van der Waals surface area contributed by atoms with Crippen LogP contribution in [0.5, 0.6) is 11.5 Å². The number of phenols is 2. The fourth-order valence-corrected chi connectivity index (χ4v) is 13.4. The van der Waals surface area contributed by atoms with E-state index < -0.39 is 0 Å². The van der Waals surface area contributed by atoms with Gasteiger partial charge in [0.25, 0.3) is 0 Å². The molecule has 4 N–H and O–H groups in total. The molecule has 4 heteroatoms. The van der Waals surface area contributed by atoms with Crippen molar-refractivity contribution in [1.82, 2.24) is 10.6 Å². The van der Waals surface area contributed by atoms with Gasteiger partial charge in [0.15, 0.2) is 0 Å². The first-order valence-electron chi connectivity index (χ1n) is 28.1. The van der Waals surface area contributed by atoms with E-state index in [0.29, 0.717) is 13.1 Å². The SMILES string of the molecule is Cc1cccc(C)c1-c1ccc2ccccc2c1-c1c(O)c(CN[C@H](c2c(C)cccc2C)[C@H](NCc2cc3ccccc3c(-c3c(-c4c(C)cccc4C)ccc4ccccc34)c2O)c2c(C)cccc2C)cc2ccccc12. The monoisotopic (exact) mass is 1040 g/mol. The van der Waals surface area contributed by atoms with Crippen molar-refractivity contribution in [2.75, 3.05) is 0 Å². The molecule has 394 valence electrons. The van der Waals surface area contributed by atoms with Gasteiger partial charge < -0.3 is 20.8 Å². The highest BCUT2D eigenvalue weighted by atomic mass is 16.3. The number of aromatic hydroxyl groups is 2. The highest BCUT2D eigenvalue weighted by molar-refractivity contribution is 6.15. The largest absolute Gasteiger partial charge is 0.507 e. The van der Waals surface area contributed by atoms with Crippen molar-refractivity contribution in [2.45, 2.75) is 80.6 Å². The fraction of sp³-hybridized carbons (Fsp3) is 0.158. The van der Waals surface area contributed by atoms with Crippen LogP contribution in [-0.2, 0) is 13.1 Å². The van der Waals surface area contributed by atoms with Crippen LogP contribution in [0, 0.1) is 55.4 Å². The maximum absolute atomic E-state index is 13.2. The molecule has 0 unspecified atom stereocenters. The molecule has 0 spiro atoms. The Hall–Kier alpha value is -8.80. The summed E-state index contributed by atoms with van der Waals surface area (Å²) < 4.78 is 0. The minimum absolute atomic E-state index is 0.263. The lowest BCUT2D eigenvalue weighted by molar-refractivity contribution is 0.369. The normalized spacial score (nSPS) is 12.4. The highest BCUT2D eigenvalue weighted by Gasteiger charge is 2.32. The van der Waals surface area contributed by atoms with E-state index >= 15 is 0 Å². The van der Waals surface area contributed by atoms with E-state index in [1.807, 2.05) is 0 Å². The van der Waals surface area contributed by atoms with Gasteiger partial charge in [-0.15, -0.1) is 0 Å². The highest BCUT2D eigenvalue weighted by Crippen LogP contribution is 2.50. The van der Waals surface area contributed by atoms with Gasteiger partial charge in [0, 0.05) is 46.5 Å². The van der Waals surface area contributed by atoms with Gasteiger partial charge in [0.2, 0.25) is 0 Å². The topological polar surface area (TPSA) is 64.5 Å². The van der Waals surface area contributed by atoms with Gasteiger partial charge in [-0.05, 0) is 189 Å². The van der Waals surface area contributed by atoms with Gasteiger partial charge in [-0.2, -0.15) is 0 Å². The summed E-state index contributed by atoms with van der Waals surface area (Å²) in [5, 5.41) is 43.3. The van der Waals surface area contributed by atoms with Crippen LogP contribution in [0.2, 0.25) is 0 Å². The molecule has 0 aliphatic heterocycles. The molecular formula is C76H68N2O2. The molecule has 0 saturated heterocycles. The average molecular weight is 1040 g/mol. The van der Waals surface area contributed by atoms with E-state index in [1.54, 1.807) is 0 Å². The zero-order chi connectivity index (χ0) is 55.3. The Morgan fingerprint density at radius 1 is 0.287 bits per heavy atom. The number of fused-ring (bicyclic) bond motifs is 4. The third-order valence-electron chi connectivity index (χ3n) is 17.1. The van der Waals surface area contributed by atoms with Crippen molar-refractivity contribution in [3.05, 3.63) is 273 Å². The second-order valence-corrected chi connectivity index (χ2v) is 22.2. The maximum Gasteiger partial charge on any atom is 0.128 e. The predicted octanol–water partition coefficient (Wildman–Crippen LogP) is 19.2. The first-order valence-corrected chi connectivity index (χ1v) is 28.1. The number of hydrogen-bond acceptors (Lipinski definition) is 4. The molecule has 0 aliphatic carbocycles. The van der Waals surface area contributed by atoms with Crippen LogP contribution in [0.4, 0.5) is 0 Å². The van der Waals surface area contributed by atoms with Crippen molar-refractivity contribution < 1.29 is 10.2 Å². The lowest BCUT2D eigenvalue weighted by atomic mass is 9.83. The molecule has 0 aromatic heterocycles. The second kappa shape index (κ2) is 21.4. The van der Waals surface area contributed by atoms with Crippen LogP contribution < -0.4 is 10.6 Å². The molecule has 0 aliphatic rings. The lowest BCUT2D eigenvalue weighted by Gasteiger charge is -2.34. The van der Waals surface area contributed by atoms with Gasteiger partial charge in [-0.1, -0.05) is 194 Å². The van der Waals surface area contributed by atoms with Gasteiger partial charge in [-0.3, -0.25) is 0 Å². The third-order valence-corrected chi connectivity index (χ3v) is 17.1. The van der Waals surface area contributed by atoms with E-state index in [2.05, 4.69) is 272 Å². The standard InChI is InChI=1S/C76H68N2O2/c1-45-21-17-22-46(2)65(45)63-39-37-53-29-9-13-33-59(53)69(63)71-61-35-15-11-31-55(61)41-57(75(71)79)43-77-73(67-49(5)25-19-26-50(67)6)74(68-51(7)27-20-28-52(68)8)78-44-58-42-56-32-12-16-36-62(56)72(76(58)80)70-60-34-14-10-30-54(60)38-40-64(70)66-47(3)23-18-24-48(66)4/h9-42,73-74,77-80H,43-44H2,1-8H3/t73-,74-/m1/s1.